The maximum atomic E-state index is 13.0. The molecule has 36 heavy (non-hydrogen) atoms. The zero-order valence-corrected chi connectivity index (χ0v) is 19.8. The molecule has 0 radical (unpaired) electrons. The van der Waals surface area contributed by atoms with Crippen LogP contribution in [0.15, 0.2) is 78.4 Å². The highest BCUT2D eigenvalue weighted by Gasteiger charge is 2.14. The SMILES string of the molecule is C=CCc1cc(/C=N/NC(=O)Cc2ccc(F)cc2)cc(OCC)c1OCc1ccc([N+](=O)[O-])cc1. The number of carbonyl (C=O) groups excluding carboxylic acids is 1. The lowest BCUT2D eigenvalue weighted by molar-refractivity contribution is -0.384. The van der Waals surface area contributed by atoms with Crippen LogP contribution in [0.3, 0.4) is 0 Å². The van der Waals surface area contributed by atoms with Crippen molar-refractivity contribution in [2.45, 2.75) is 26.4 Å². The fourth-order valence-electron chi connectivity index (χ4n) is 3.37. The first kappa shape index (κ1) is 26.1. The van der Waals surface area contributed by atoms with Crippen molar-refractivity contribution in [3.63, 3.8) is 0 Å². The van der Waals surface area contributed by atoms with Crippen molar-refractivity contribution < 1.29 is 23.6 Å². The summed E-state index contributed by atoms with van der Waals surface area (Å²) in [5.41, 5.74) is 5.40. The molecule has 3 rings (SSSR count). The number of nitro benzene ring substituents is 1. The zero-order valence-electron chi connectivity index (χ0n) is 19.8. The third-order valence-corrected chi connectivity index (χ3v) is 5.03. The van der Waals surface area contributed by atoms with E-state index in [1.807, 2.05) is 13.0 Å². The van der Waals surface area contributed by atoms with Gasteiger partial charge in [-0.15, -0.1) is 6.58 Å². The predicted octanol–water partition coefficient (Wildman–Crippen LogP) is 5.13. The Morgan fingerprint density at radius 3 is 2.44 bits per heavy atom. The molecule has 0 aliphatic heterocycles. The van der Waals surface area contributed by atoms with Crippen molar-refractivity contribution in [1.29, 1.82) is 0 Å². The molecular weight excluding hydrogens is 465 g/mol. The standard InChI is InChI=1S/C27H26FN3O5/c1-3-5-22-14-21(17-29-30-26(32)16-19-6-10-23(28)11-7-19)15-25(35-4-2)27(22)36-18-20-8-12-24(13-9-20)31(33)34/h3,6-15,17H,1,4-5,16,18H2,2H3,(H,30,32)/b29-17+. The van der Waals surface area contributed by atoms with Crippen molar-refractivity contribution in [3.05, 3.63) is 112 Å². The van der Waals surface area contributed by atoms with Crippen LogP contribution in [0.4, 0.5) is 10.1 Å². The zero-order chi connectivity index (χ0) is 25.9. The summed E-state index contributed by atoms with van der Waals surface area (Å²) < 4.78 is 24.9. The monoisotopic (exact) mass is 491 g/mol. The number of carbonyl (C=O) groups is 1. The first-order valence-corrected chi connectivity index (χ1v) is 11.2. The van der Waals surface area contributed by atoms with Gasteiger partial charge in [0.2, 0.25) is 5.91 Å². The van der Waals surface area contributed by atoms with E-state index in [2.05, 4.69) is 17.1 Å². The van der Waals surface area contributed by atoms with Crippen LogP contribution in [-0.4, -0.2) is 23.7 Å². The number of nitrogens with one attached hydrogen (secondary N) is 1. The molecule has 3 aromatic carbocycles. The Morgan fingerprint density at radius 1 is 1.11 bits per heavy atom. The van der Waals surface area contributed by atoms with Crippen molar-refractivity contribution in [2.75, 3.05) is 6.61 Å². The molecule has 0 atom stereocenters. The van der Waals surface area contributed by atoms with E-state index in [1.54, 1.807) is 36.4 Å². The second-order valence-electron chi connectivity index (χ2n) is 7.74. The summed E-state index contributed by atoms with van der Waals surface area (Å²) in [4.78, 5) is 22.6. The molecule has 9 heteroatoms. The Balaban J connectivity index is 1.73. The quantitative estimate of drug-likeness (QED) is 0.164. The molecule has 0 saturated carbocycles. The highest BCUT2D eigenvalue weighted by molar-refractivity contribution is 5.84. The Hall–Kier alpha value is -4.53. The topological polar surface area (TPSA) is 103 Å². The van der Waals surface area contributed by atoms with Crippen LogP contribution in [0.5, 0.6) is 11.5 Å². The number of benzene rings is 3. The van der Waals surface area contributed by atoms with Gasteiger partial charge in [0.05, 0.1) is 24.2 Å². The number of hydrazone groups is 1. The number of non-ortho nitro benzene ring substituents is 1. The van der Waals surface area contributed by atoms with Crippen LogP contribution < -0.4 is 14.9 Å². The van der Waals surface area contributed by atoms with E-state index in [9.17, 15) is 19.3 Å². The maximum Gasteiger partial charge on any atom is 0.269 e. The number of halogens is 1. The number of amides is 1. The fraction of sp³-hybridized carbons (Fsp3) is 0.185. The van der Waals surface area contributed by atoms with Gasteiger partial charge in [0.25, 0.3) is 5.69 Å². The molecule has 186 valence electrons. The summed E-state index contributed by atoms with van der Waals surface area (Å²) in [7, 11) is 0. The van der Waals surface area contributed by atoms with Gasteiger partial charge >= 0.3 is 0 Å². The molecular formula is C27H26FN3O5. The summed E-state index contributed by atoms with van der Waals surface area (Å²) in [6.45, 7) is 6.24. The number of nitrogens with zero attached hydrogens (tertiary/aromatic N) is 2. The van der Waals surface area contributed by atoms with Crippen LogP contribution in [0.2, 0.25) is 0 Å². The van der Waals surface area contributed by atoms with Gasteiger partial charge in [0.15, 0.2) is 11.5 Å². The lowest BCUT2D eigenvalue weighted by atomic mass is 10.1. The number of ether oxygens (including phenoxy) is 2. The van der Waals surface area contributed by atoms with E-state index in [0.29, 0.717) is 35.7 Å². The van der Waals surface area contributed by atoms with E-state index >= 15 is 0 Å². The molecule has 3 aromatic rings. The second-order valence-corrected chi connectivity index (χ2v) is 7.74. The summed E-state index contributed by atoms with van der Waals surface area (Å²) in [5, 5.41) is 14.9. The molecule has 0 fully saturated rings. The summed E-state index contributed by atoms with van der Waals surface area (Å²) in [5.74, 6) is 0.334. The third-order valence-electron chi connectivity index (χ3n) is 5.03. The van der Waals surface area contributed by atoms with Crippen LogP contribution in [-0.2, 0) is 24.2 Å². The Labute approximate surface area is 208 Å². The molecule has 8 nitrogen and oxygen atoms in total. The third kappa shape index (κ3) is 7.49. The Kier molecular flexibility index (Phi) is 9.27. The number of rotatable bonds is 12. The van der Waals surface area contributed by atoms with Crippen LogP contribution in [0.25, 0.3) is 0 Å². The molecule has 1 N–H and O–H groups in total. The molecule has 0 heterocycles. The molecule has 0 aromatic heterocycles. The van der Waals surface area contributed by atoms with E-state index in [-0.39, 0.29) is 30.4 Å². The highest BCUT2D eigenvalue weighted by atomic mass is 19.1. The maximum absolute atomic E-state index is 13.0. The number of allylic oxidation sites excluding steroid dienone is 1. The molecule has 0 spiro atoms. The fourth-order valence-corrected chi connectivity index (χ4v) is 3.37. The molecule has 1 amide bonds. The number of hydrogen-bond acceptors (Lipinski definition) is 6. The molecule has 0 aliphatic rings. The van der Waals surface area contributed by atoms with Gasteiger partial charge in [-0.25, -0.2) is 9.82 Å². The largest absolute Gasteiger partial charge is 0.490 e. The Morgan fingerprint density at radius 2 is 1.81 bits per heavy atom. The first-order valence-electron chi connectivity index (χ1n) is 11.2. The van der Waals surface area contributed by atoms with Gasteiger partial charge in [-0.05, 0) is 66.4 Å². The van der Waals surface area contributed by atoms with Gasteiger partial charge in [-0.1, -0.05) is 18.2 Å². The van der Waals surface area contributed by atoms with E-state index < -0.39 is 4.92 Å². The van der Waals surface area contributed by atoms with Gasteiger partial charge in [0.1, 0.15) is 12.4 Å². The van der Waals surface area contributed by atoms with E-state index in [4.69, 9.17) is 9.47 Å². The molecule has 0 bridgehead atoms. The minimum atomic E-state index is -0.453. The lowest BCUT2D eigenvalue weighted by Gasteiger charge is -2.16. The minimum absolute atomic E-state index is 0.00880. The average molecular weight is 492 g/mol. The summed E-state index contributed by atoms with van der Waals surface area (Å²) >= 11 is 0. The first-order chi connectivity index (χ1) is 17.4. The highest BCUT2D eigenvalue weighted by Crippen LogP contribution is 2.34. The normalized spacial score (nSPS) is 10.7. The molecule has 0 unspecified atom stereocenters. The van der Waals surface area contributed by atoms with Crippen molar-refractivity contribution in [2.24, 2.45) is 5.10 Å². The van der Waals surface area contributed by atoms with E-state index in [1.165, 1.54) is 30.5 Å². The van der Waals surface area contributed by atoms with Crippen molar-refractivity contribution >= 4 is 17.8 Å². The van der Waals surface area contributed by atoms with Crippen molar-refractivity contribution in [3.8, 4) is 11.5 Å². The smallest absolute Gasteiger partial charge is 0.269 e. The molecule has 0 aliphatic carbocycles. The van der Waals surface area contributed by atoms with Crippen LogP contribution in [0, 0.1) is 15.9 Å². The van der Waals surface area contributed by atoms with Crippen LogP contribution in [0.1, 0.15) is 29.2 Å². The summed E-state index contributed by atoms with van der Waals surface area (Å²) in [6, 6.07) is 15.4. The summed E-state index contributed by atoms with van der Waals surface area (Å²) in [6.07, 6.45) is 3.79. The number of hydrogen-bond donors (Lipinski definition) is 1. The van der Waals surface area contributed by atoms with Crippen molar-refractivity contribution in [1.82, 2.24) is 5.43 Å². The molecule has 0 saturated heterocycles. The van der Waals surface area contributed by atoms with Gasteiger partial charge < -0.3 is 9.47 Å². The van der Waals surface area contributed by atoms with E-state index in [0.717, 1.165) is 11.1 Å². The van der Waals surface area contributed by atoms with Gasteiger partial charge in [-0.2, -0.15) is 5.10 Å². The van der Waals surface area contributed by atoms with Crippen LogP contribution >= 0.6 is 0 Å². The lowest BCUT2D eigenvalue weighted by Crippen LogP contribution is -2.19. The second kappa shape index (κ2) is 12.8. The van der Waals surface area contributed by atoms with Gasteiger partial charge in [0, 0.05) is 17.7 Å². The minimum Gasteiger partial charge on any atom is -0.490 e. The van der Waals surface area contributed by atoms with Gasteiger partial charge in [-0.3, -0.25) is 14.9 Å². The number of nitro groups is 1. The Bertz CT molecular complexity index is 1240. The predicted molar refractivity (Wildman–Crippen MR) is 135 cm³/mol. The average Bonchev–Trinajstić information content (AvgIpc) is 2.85.